The molecule has 4 rings (SSSR count). The number of imidazole rings is 1. The van der Waals surface area contributed by atoms with E-state index in [-0.39, 0.29) is 30.4 Å². The van der Waals surface area contributed by atoms with Crippen molar-refractivity contribution in [2.45, 2.75) is 90.6 Å². The number of ether oxygens (including phenoxy) is 1. The molecule has 0 bridgehead atoms. The van der Waals surface area contributed by atoms with Gasteiger partial charge < -0.3 is 20.3 Å². The Morgan fingerprint density at radius 1 is 1.04 bits per heavy atom. The van der Waals surface area contributed by atoms with Gasteiger partial charge in [-0.05, 0) is 71.2 Å². The zero-order valence-electron chi connectivity index (χ0n) is 26.1. The van der Waals surface area contributed by atoms with Crippen molar-refractivity contribution >= 4 is 23.6 Å². The number of benzene rings is 1. The molecule has 2 aromatic heterocycles. The quantitative estimate of drug-likeness (QED) is 0.243. The number of aliphatic carboxylic acids is 1. The summed E-state index contributed by atoms with van der Waals surface area (Å²) in [6.45, 7) is 8.95. The number of pyridine rings is 1. The fraction of sp³-hybridized carbons (Fsp3) is 0.484. The molecule has 0 radical (unpaired) electrons. The van der Waals surface area contributed by atoms with Gasteiger partial charge in [0.1, 0.15) is 23.9 Å². The summed E-state index contributed by atoms with van der Waals surface area (Å²) in [6.07, 6.45) is -0.235. The Morgan fingerprint density at radius 3 is 2.11 bits per heavy atom. The Kier molecular flexibility index (Phi) is 10.9. The number of carboxylic acid groups (broad SMARTS) is 2. The van der Waals surface area contributed by atoms with Crippen LogP contribution in [0.1, 0.15) is 80.2 Å². The Balaban J connectivity index is 0.000000738. The first kappa shape index (κ1) is 36.0. The van der Waals surface area contributed by atoms with E-state index in [2.05, 4.69) is 10.3 Å². The summed E-state index contributed by atoms with van der Waals surface area (Å²) in [4.78, 5) is 40.9. The zero-order valence-corrected chi connectivity index (χ0v) is 26.1. The van der Waals surface area contributed by atoms with Crippen LogP contribution in [-0.4, -0.2) is 66.3 Å². The second-order valence-electron chi connectivity index (χ2n) is 12.2. The molecule has 0 aliphatic heterocycles. The van der Waals surface area contributed by atoms with Crippen molar-refractivity contribution in [3.63, 3.8) is 0 Å². The van der Waals surface area contributed by atoms with Crippen LogP contribution in [0.3, 0.4) is 0 Å². The molecule has 1 fully saturated rings. The summed E-state index contributed by atoms with van der Waals surface area (Å²) < 4.78 is 67.4. The van der Waals surface area contributed by atoms with E-state index in [0.29, 0.717) is 29.9 Å². The monoisotopic (exact) mass is 656 g/mol. The van der Waals surface area contributed by atoms with E-state index in [1.54, 1.807) is 23.6 Å². The molecule has 252 valence electrons. The number of nitrogens with zero attached hydrogens (tertiary/aromatic N) is 3. The van der Waals surface area contributed by atoms with E-state index in [4.69, 9.17) is 14.6 Å². The lowest BCUT2D eigenvalue weighted by atomic mass is 9.78. The summed E-state index contributed by atoms with van der Waals surface area (Å²) in [6, 6.07) is 5.32. The Morgan fingerprint density at radius 2 is 1.61 bits per heavy atom. The van der Waals surface area contributed by atoms with Crippen molar-refractivity contribution < 1.29 is 51.3 Å². The van der Waals surface area contributed by atoms with Crippen LogP contribution in [0.15, 0.2) is 30.5 Å². The number of rotatable bonds is 7. The Hall–Kier alpha value is -4.43. The average Bonchev–Trinajstić information content (AvgIpc) is 3.26. The largest absolute Gasteiger partial charge is 0.490 e. The van der Waals surface area contributed by atoms with Gasteiger partial charge in [-0.3, -0.25) is 14.1 Å². The minimum atomic E-state index is -5.08. The number of amides is 2. The number of halogens is 5. The molecule has 10 nitrogen and oxygen atoms in total. The smallest absolute Gasteiger partial charge is 0.485 e. The predicted molar refractivity (Wildman–Crippen MR) is 157 cm³/mol. The lowest BCUT2D eigenvalue weighted by Gasteiger charge is -2.51. The summed E-state index contributed by atoms with van der Waals surface area (Å²) in [5, 5.41) is 20.3. The van der Waals surface area contributed by atoms with E-state index < -0.39 is 41.0 Å². The third-order valence-electron chi connectivity index (χ3n) is 7.59. The summed E-state index contributed by atoms with van der Waals surface area (Å²) >= 11 is 0. The molecule has 1 aliphatic rings. The number of hydrogen-bond donors (Lipinski definition) is 3. The van der Waals surface area contributed by atoms with Gasteiger partial charge in [0.15, 0.2) is 11.4 Å². The van der Waals surface area contributed by atoms with Gasteiger partial charge in [0.2, 0.25) is 0 Å². The third kappa shape index (κ3) is 8.23. The fourth-order valence-electron chi connectivity index (χ4n) is 5.78. The summed E-state index contributed by atoms with van der Waals surface area (Å²) in [7, 11) is 0. The topological polar surface area (TPSA) is 133 Å². The molecule has 1 saturated carbocycles. The second-order valence-corrected chi connectivity index (χ2v) is 12.2. The van der Waals surface area contributed by atoms with Crippen LogP contribution in [0, 0.1) is 25.5 Å². The minimum absolute atomic E-state index is 0.170. The highest BCUT2D eigenvalue weighted by Gasteiger charge is 2.46. The lowest BCUT2D eigenvalue weighted by Crippen LogP contribution is -2.64. The number of aryl methyl sites for hydroxylation is 2. The number of carbonyl (C=O) groups excluding carboxylic acids is 1. The maximum atomic E-state index is 14.1. The van der Waals surface area contributed by atoms with E-state index in [9.17, 15) is 36.6 Å². The molecule has 0 saturated heterocycles. The number of nitrogens with one attached hydrogen (secondary N) is 1. The molecule has 1 aliphatic carbocycles. The zero-order chi connectivity index (χ0) is 34.6. The van der Waals surface area contributed by atoms with Crippen molar-refractivity contribution in [2.24, 2.45) is 0 Å². The van der Waals surface area contributed by atoms with Crippen LogP contribution < -0.4 is 10.1 Å². The lowest BCUT2D eigenvalue weighted by molar-refractivity contribution is -0.192. The molecule has 2 heterocycles. The van der Waals surface area contributed by atoms with Crippen LogP contribution in [0.5, 0.6) is 5.75 Å². The highest BCUT2D eigenvalue weighted by Crippen LogP contribution is 2.38. The van der Waals surface area contributed by atoms with Gasteiger partial charge in [-0.1, -0.05) is 25.3 Å². The molecular formula is C31H37F5N4O6. The number of carbonyl (C=O) groups is 3. The number of alkyl halides is 3. The van der Waals surface area contributed by atoms with Crippen LogP contribution in [-0.2, 0) is 11.4 Å². The van der Waals surface area contributed by atoms with Crippen molar-refractivity contribution in [3.8, 4) is 5.75 Å². The number of carboxylic acids is 1. The van der Waals surface area contributed by atoms with Crippen molar-refractivity contribution in [1.29, 1.82) is 0 Å². The average molecular weight is 657 g/mol. The maximum Gasteiger partial charge on any atom is 0.490 e. The third-order valence-corrected chi connectivity index (χ3v) is 7.59. The first-order valence-electron chi connectivity index (χ1n) is 14.4. The second kappa shape index (κ2) is 13.9. The first-order valence-corrected chi connectivity index (χ1v) is 14.4. The van der Waals surface area contributed by atoms with Gasteiger partial charge in [0.25, 0.3) is 5.91 Å². The Labute approximate surface area is 262 Å². The van der Waals surface area contributed by atoms with Crippen LogP contribution in [0.25, 0.3) is 5.65 Å². The van der Waals surface area contributed by atoms with Gasteiger partial charge in [0.05, 0.1) is 16.8 Å². The van der Waals surface area contributed by atoms with E-state index in [0.717, 1.165) is 24.8 Å². The Bertz CT molecular complexity index is 1570. The first-order chi connectivity index (χ1) is 21.3. The van der Waals surface area contributed by atoms with Crippen LogP contribution >= 0.6 is 0 Å². The molecule has 0 spiro atoms. The molecular weight excluding hydrogens is 619 g/mol. The molecule has 0 unspecified atom stereocenters. The van der Waals surface area contributed by atoms with Gasteiger partial charge >= 0.3 is 18.2 Å². The van der Waals surface area contributed by atoms with Gasteiger partial charge in [-0.2, -0.15) is 13.2 Å². The maximum absolute atomic E-state index is 14.1. The highest BCUT2D eigenvalue weighted by molar-refractivity contribution is 5.95. The normalized spacial score (nSPS) is 14.7. The van der Waals surface area contributed by atoms with Gasteiger partial charge in [0, 0.05) is 18.3 Å². The van der Waals surface area contributed by atoms with Crippen molar-refractivity contribution in [1.82, 2.24) is 19.6 Å². The number of fused-ring (bicyclic) bond motifs is 1. The van der Waals surface area contributed by atoms with Gasteiger partial charge in [-0.15, -0.1) is 0 Å². The van der Waals surface area contributed by atoms with Crippen molar-refractivity contribution in [3.05, 3.63) is 64.6 Å². The van der Waals surface area contributed by atoms with Crippen molar-refractivity contribution in [2.75, 3.05) is 6.54 Å². The number of hydrogen-bond acceptors (Lipinski definition) is 5. The molecule has 2 amide bonds. The molecule has 3 aromatic rings. The fourth-order valence-corrected chi connectivity index (χ4v) is 5.78. The molecule has 0 atom stereocenters. The van der Waals surface area contributed by atoms with Gasteiger partial charge in [-0.25, -0.2) is 23.4 Å². The molecule has 3 N–H and O–H groups in total. The van der Waals surface area contributed by atoms with Crippen LogP contribution in [0.2, 0.25) is 0 Å². The molecule has 1 aromatic carbocycles. The molecule has 46 heavy (non-hydrogen) atoms. The highest BCUT2D eigenvalue weighted by atomic mass is 19.4. The summed E-state index contributed by atoms with van der Waals surface area (Å²) in [5.74, 6) is -4.28. The molecule has 15 heteroatoms. The van der Waals surface area contributed by atoms with E-state index in [1.165, 1.54) is 23.1 Å². The van der Waals surface area contributed by atoms with Crippen LogP contribution in [0.4, 0.5) is 26.7 Å². The SMILES string of the molecule is Cc1cc(OCc2c(F)cccc2F)c2nc(C)c(C(=O)NCC3(N(C(=O)O)C(C)(C)C)CCCCC3)n2c1.O=C(O)C(F)(F)F. The van der Waals surface area contributed by atoms with E-state index in [1.807, 2.05) is 27.7 Å². The van der Waals surface area contributed by atoms with E-state index >= 15 is 0 Å². The predicted octanol–water partition coefficient (Wildman–Crippen LogP) is 6.65. The number of aromatic nitrogens is 2. The standard InChI is InChI=1S/C29H36F2N4O4.C2HF3O2/c1-18-14-23(39-16-20-21(30)10-9-11-22(20)31)25-33-19(2)24(34(25)15-18)26(36)32-17-29(12-7-6-8-13-29)35(27(37)38)28(3,4)5;3-2(4,5)1(6)7/h9-11,14-15H,6-8,12-13,16-17H2,1-5H3,(H,32,36)(H,37,38);(H,6,7). The minimum Gasteiger partial charge on any atom is -0.485 e. The summed E-state index contributed by atoms with van der Waals surface area (Å²) in [5.41, 5.74) is 0.274.